The average molecular weight is 448 g/mol. The Balaban J connectivity index is 1.87. The minimum Gasteiger partial charge on any atom is -0.493 e. The topological polar surface area (TPSA) is 57.2 Å². The quantitative estimate of drug-likeness (QED) is 0.542. The highest BCUT2D eigenvalue weighted by Crippen LogP contribution is 2.43. The van der Waals surface area contributed by atoms with E-state index in [2.05, 4.69) is 0 Å². The van der Waals surface area contributed by atoms with Gasteiger partial charge in [-0.25, -0.2) is 0 Å². The molecule has 0 radical (unpaired) electrons. The Morgan fingerprint density at radius 3 is 2.03 bits per heavy atom. The monoisotopic (exact) mass is 447 g/mol. The van der Waals surface area contributed by atoms with Gasteiger partial charge in [0.2, 0.25) is 0 Å². The fraction of sp³-hybridized carbons (Fsp3) is 0.296. The first-order valence-corrected chi connectivity index (χ1v) is 10.8. The van der Waals surface area contributed by atoms with Crippen LogP contribution in [-0.4, -0.2) is 45.8 Å². The maximum absolute atomic E-state index is 13.7. The number of hydrogen-bond donors (Lipinski definition) is 0. The molecule has 0 saturated carbocycles. The third kappa shape index (κ3) is 4.21. The average Bonchev–Trinajstić information content (AvgIpc) is 2.86. The van der Waals surface area contributed by atoms with E-state index in [9.17, 15) is 4.79 Å². The van der Waals surface area contributed by atoms with Crippen molar-refractivity contribution in [3.05, 3.63) is 82.4 Å². The van der Waals surface area contributed by atoms with E-state index < -0.39 is 0 Å². The van der Waals surface area contributed by atoms with Crippen LogP contribution in [0, 0.1) is 6.92 Å². The van der Waals surface area contributed by atoms with Crippen molar-refractivity contribution in [1.82, 2.24) is 4.90 Å². The maximum Gasteiger partial charge on any atom is 0.254 e. The van der Waals surface area contributed by atoms with Gasteiger partial charge in [-0.2, -0.15) is 0 Å². The highest BCUT2D eigenvalue weighted by Gasteiger charge is 2.34. The van der Waals surface area contributed by atoms with Gasteiger partial charge >= 0.3 is 0 Å². The van der Waals surface area contributed by atoms with Crippen LogP contribution in [0.5, 0.6) is 23.0 Å². The first-order chi connectivity index (χ1) is 16.0. The lowest BCUT2D eigenvalue weighted by Crippen LogP contribution is -2.40. The van der Waals surface area contributed by atoms with Gasteiger partial charge in [0.15, 0.2) is 23.0 Å². The number of rotatable bonds is 6. The van der Waals surface area contributed by atoms with Crippen molar-refractivity contribution in [2.45, 2.75) is 19.4 Å². The second-order valence-corrected chi connectivity index (χ2v) is 8.04. The van der Waals surface area contributed by atoms with Gasteiger partial charge in [-0.1, -0.05) is 23.8 Å². The fourth-order valence-corrected chi connectivity index (χ4v) is 4.41. The molecule has 3 aromatic rings. The van der Waals surface area contributed by atoms with Gasteiger partial charge in [0.1, 0.15) is 0 Å². The van der Waals surface area contributed by atoms with Crippen molar-refractivity contribution >= 4 is 5.91 Å². The van der Waals surface area contributed by atoms with E-state index in [1.54, 1.807) is 28.4 Å². The summed E-state index contributed by atoms with van der Waals surface area (Å²) in [4.78, 5) is 15.6. The summed E-state index contributed by atoms with van der Waals surface area (Å²) in [7, 11) is 6.47. The summed E-state index contributed by atoms with van der Waals surface area (Å²) in [5.41, 5.74) is 4.84. The molecule has 0 bridgehead atoms. The molecule has 6 nitrogen and oxygen atoms in total. The number of carbonyl (C=O) groups is 1. The molecule has 4 rings (SSSR count). The second kappa shape index (κ2) is 9.45. The highest BCUT2D eigenvalue weighted by molar-refractivity contribution is 5.95. The van der Waals surface area contributed by atoms with E-state index in [1.807, 2.05) is 66.4 Å². The van der Waals surface area contributed by atoms with Crippen molar-refractivity contribution in [3.63, 3.8) is 0 Å². The van der Waals surface area contributed by atoms with E-state index >= 15 is 0 Å². The number of methoxy groups -OCH3 is 4. The molecule has 0 aromatic heterocycles. The molecule has 1 aliphatic heterocycles. The van der Waals surface area contributed by atoms with Gasteiger partial charge in [-0.15, -0.1) is 0 Å². The first-order valence-electron chi connectivity index (χ1n) is 10.8. The summed E-state index contributed by atoms with van der Waals surface area (Å²) in [5, 5.41) is 0. The third-order valence-corrected chi connectivity index (χ3v) is 6.16. The predicted molar refractivity (Wildman–Crippen MR) is 127 cm³/mol. The van der Waals surface area contributed by atoms with E-state index in [-0.39, 0.29) is 11.9 Å². The van der Waals surface area contributed by atoms with Crippen LogP contribution < -0.4 is 18.9 Å². The zero-order valence-corrected chi connectivity index (χ0v) is 19.7. The Labute approximate surface area is 194 Å². The van der Waals surface area contributed by atoms with E-state index in [1.165, 1.54) is 0 Å². The summed E-state index contributed by atoms with van der Waals surface area (Å²) < 4.78 is 22.1. The molecular formula is C27H29NO5. The van der Waals surface area contributed by atoms with Crippen LogP contribution >= 0.6 is 0 Å². The zero-order valence-electron chi connectivity index (χ0n) is 19.7. The van der Waals surface area contributed by atoms with E-state index in [4.69, 9.17) is 18.9 Å². The zero-order chi connectivity index (χ0) is 23.5. The van der Waals surface area contributed by atoms with Crippen molar-refractivity contribution in [3.8, 4) is 23.0 Å². The number of hydrogen-bond acceptors (Lipinski definition) is 5. The maximum atomic E-state index is 13.7. The molecule has 1 heterocycles. The van der Waals surface area contributed by atoms with Crippen LogP contribution in [0.4, 0.5) is 0 Å². The van der Waals surface area contributed by atoms with Gasteiger partial charge < -0.3 is 23.8 Å². The van der Waals surface area contributed by atoms with E-state index in [0.29, 0.717) is 35.1 Å². The molecule has 0 N–H and O–H groups in total. The summed E-state index contributed by atoms with van der Waals surface area (Å²) >= 11 is 0. The van der Waals surface area contributed by atoms with Crippen LogP contribution in [0.2, 0.25) is 0 Å². The fourth-order valence-electron chi connectivity index (χ4n) is 4.41. The minimum absolute atomic E-state index is 0.0183. The summed E-state index contributed by atoms with van der Waals surface area (Å²) in [6, 6.07) is 17.1. The molecule has 0 fully saturated rings. The first kappa shape index (κ1) is 22.5. The van der Waals surface area contributed by atoms with E-state index in [0.717, 1.165) is 28.7 Å². The third-order valence-electron chi connectivity index (χ3n) is 6.16. The predicted octanol–water partition coefficient (Wildman–Crippen LogP) is 4.82. The number of carbonyl (C=O) groups excluding carboxylic acids is 1. The number of aryl methyl sites for hydroxylation is 1. The van der Waals surface area contributed by atoms with Gasteiger partial charge in [-0.3, -0.25) is 4.79 Å². The molecule has 172 valence electrons. The number of fused-ring (bicyclic) bond motifs is 1. The van der Waals surface area contributed by atoms with Gasteiger partial charge in [0.05, 0.1) is 34.5 Å². The van der Waals surface area contributed by atoms with Crippen molar-refractivity contribution in [2.24, 2.45) is 0 Å². The number of ether oxygens (including phenoxy) is 4. The normalized spacial score (nSPS) is 14.9. The van der Waals surface area contributed by atoms with Gasteiger partial charge in [-0.05, 0) is 66.4 Å². The Kier molecular flexibility index (Phi) is 6.45. The molecule has 0 spiro atoms. The largest absolute Gasteiger partial charge is 0.493 e. The molecule has 0 aliphatic carbocycles. The Bertz CT molecular complexity index is 1160. The Morgan fingerprint density at radius 1 is 0.788 bits per heavy atom. The van der Waals surface area contributed by atoms with Crippen LogP contribution in [-0.2, 0) is 6.42 Å². The highest BCUT2D eigenvalue weighted by atomic mass is 16.5. The molecule has 1 aliphatic rings. The Morgan fingerprint density at radius 2 is 1.39 bits per heavy atom. The molecule has 1 atom stereocenters. The van der Waals surface area contributed by atoms with Crippen LogP contribution in [0.1, 0.15) is 38.7 Å². The standard InChI is InChI=1S/C27H29NO5/c1-17-6-8-18(9-7-17)27(29)28-13-12-19-14-24(32-4)25(33-5)16-21(19)26(28)20-10-11-22(30-2)23(15-20)31-3/h6-11,14-16,26H,12-13H2,1-5H3/t26-/m0/s1. The number of nitrogens with zero attached hydrogens (tertiary/aromatic N) is 1. The lowest BCUT2D eigenvalue weighted by atomic mass is 9.87. The summed E-state index contributed by atoms with van der Waals surface area (Å²) in [6.07, 6.45) is 0.719. The molecule has 0 unspecified atom stereocenters. The van der Waals surface area contributed by atoms with Crippen molar-refractivity contribution < 1.29 is 23.7 Å². The molecule has 33 heavy (non-hydrogen) atoms. The molecular weight excluding hydrogens is 418 g/mol. The lowest BCUT2D eigenvalue weighted by molar-refractivity contribution is 0.0694. The van der Waals surface area contributed by atoms with Crippen LogP contribution in [0.3, 0.4) is 0 Å². The van der Waals surface area contributed by atoms with Gasteiger partial charge in [0, 0.05) is 12.1 Å². The Hall–Kier alpha value is -3.67. The number of amides is 1. The number of benzene rings is 3. The molecule has 3 aromatic carbocycles. The summed E-state index contributed by atoms with van der Waals surface area (Å²) in [5.74, 6) is 2.55. The summed E-state index contributed by atoms with van der Waals surface area (Å²) in [6.45, 7) is 2.59. The molecule has 6 heteroatoms. The smallest absolute Gasteiger partial charge is 0.254 e. The van der Waals surface area contributed by atoms with Crippen LogP contribution in [0.25, 0.3) is 0 Å². The lowest BCUT2D eigenvalue weighted by Gasteiger charge is -2.38. The van der Waals surface area contributed by atoms with Crippen LogP contribution in [0.15, 0.2) is 54.6 Å². The van der Waals surface area contributed by atoms with Crippen molar-refractivity contribution in [2.75, 3.05) is 35.0 Å². The molecule has 1 amide bonds. The minimum atomic E-state index is -0.317. The van der Waals surface area contributed by atoms with Crippen molar-refractivity contribution in [1.29, 1.82) is 0 Å². The second-order valence-electron chi connectivity index (χ2n) is 8.04. The SMILES string of the molecule is COc1ccc([C@H]2c3cc(OC)c(OC)cc3CCN2C(=O)c2ccc(C)cc2)cc1OC. The molecule has 0 saturated heterocycles. The van der Waals surface area contributed by atoms with Gasteiger partial charge in [0.25, 0.3) is 5.91 Å².